The van der Waals surface area contributed by atoms with Gasteiger partial charge in [0.25, 0.3) is 5.92 Å². The fraction of sp³-hybridized carbons (Fsp3) is 0.280. The predicted octanol–water partition coefficient (Wildman–Crippen LogP) is 6.46. The van der Waals surface area contributed by atoms with Crippen molar-refractivity contribution in [1.82, 2.24) is 9.97 Å². The lowest BCUT2D eigenvalue weighted by atomic mass is 10.1. The highest BCUT2D eigenvalue weighted by molar-refractivity contribution is 5.97. The summed E-state index contributed by atoms with van der Waals surface area (Å²) in [5, 5.41) is 3.68. The molecule has 1 unspecified atom stereocenters. The third-order valence-corrected chi connectivity index (χ3v) is 5.54. The van der Waals surface area contributed by atoms with Gasteiger partial charge < -0.3 is 23.9 Å². The Kier molecular flexibility index (Phi) is 6.54. The topological polar surface area (TPSA) is 78.6 Å². The molecule has 1 atom stereocenters. The number of aromatic nitrogens is 2. The Morgan fingerprint density at radius 3 is 2.56 bits per heavy atom. The summed E-state index contributed by atoms with van der Waals surface area (Å²) in [4.78, 5) is 8.66. The second kappa shape index (κ2) is 9.54. The molecule has 2 aromatic carbocycles. The van der Waals surface area contributed by atoms with Crippen LogP contribution in [0, 0.1) is 0 Å². The van der Waals surface area contributed by atoms with E-state index >= 15 is 0 Å². The third-order valence-electron chi connectivity index (χ3n) is 5.54. The van der Waals surface area contributed by atoms with Crippen molar-refractivity contribution < 1.29 is 27.4 Å². The maximum atomic E-state index is 14.3. The Labute approximate surface area is 195 Å². The lowest BCUT2D eigenvalue weighted by Crippen LogP contribution is -2.35. The molecule has 0 radical (unpaired) electrons. The monoisotopic (exact) mass is 469 g/mol. The lowest BCUT2D eigenvalue weighted by Gasteiger charge is -2.24. The van der Waals surface area contributed by atoms with Crippen molar-refractivity contribution in [3.63, 3.8) is 0 Å². The lowest BCUT2D eigenvalue weighted by molar-refractivity contribution is -0.0894. The quantitative estimate of drug-likeness (QED) is 0.301. The van der Waals surface area contributed by atoms with Gasteiger partial charge >= 0.3 is 0 Å². The molecule has 4 aromatic rings. The first kappa shape index (κ1) is 23.3. The van der Waals surface area contributed by atoms with Crippen molar-refractivity contribution in [2.24, 2.45) is 0 Å². The van der Waals surface area contributed by atoms with E-state index in [4.69, 9.17) is 18.6 Å². The summed E-state index contributed by atoms with van der Waals surface area (Å²) < 4.78 is 50.7. The number of halogens is 2. The first-order valence-corrected chi connectivity index (χ1v) is 10.7. The van der Waals surface area contributed by atoms with Gasteiger partial charge in [0.15, 0.2) is 6.10 Å². The van der Waals surface area contributed by atoms with Gasteiger partial charge in [0, 0.05) is 24.1 Å². The van der Waals surface area contributed by atoms with Crippen molar-refractivity contribution in [1.29, 1.82) is 0 Å². The molecule has 0 aliphatic carbocycles. The third kappa shape index (κ3) is 4.59. The van der Waals surface area contributed by atoms with Crippen LogP contribution in [0.3, 0.4) is 0 Å². The molecule has 34 heavy (non-hydrogen) atoms. The normalized spacial score (nSPS) is 12.4. The SMILES string of the molecule is CCC(F)(F)C(C)Oc1cc(OC)cc2ncnc(Nc3cc(-c4ccco4)ccc3OC)c12. The van der Waals surface area contributed by atoms with Crippen molar-refractivity contribution in [3.8, 4) is 28.6 Å². The number of nitrogens with one attached hydrogen (secondary N) is 1. The Morgan fingerprint density at radius 1 is 1.06 bits per heavy atom. The van der Waals surface area contributed by atoms with Gasteiger partial charge in [0.05, 0.1) is 37.1 Å². The number of ether oxygens (including phenoxy) is 3. The first-order chi connectivity index (χ1) is 16.4. The number of benzene rings is 2. The summed E-state index contributed by atoms with van der Waals surface area (Å²) in [7, 11) is 3.04. The van der Waals surface area contributed by atoms with Crippen LogP contribution in [-0.2, 0) is 0 Å². The highest BCUT2D eigenvalue weighted by Gasteiger charge is 2.36. The number of nitrogens with zero attached hydrogens (tertiary/aromatic N) is 2. The summed E-state index contributed by atoms with van der Waals surface area (Å²) in [5.41, 5.74) is 1.89. The fourth-order valence-electron chi connectivity index (χ4n) is 3.53. The molecule has 0 aliphatic rings. The first-order valence-electron chi connectivity index (χ1n) is 10.7. The van der Waals surface area contributed by atoms with Gasteiger partial charge in [-0.25, -0.2) is 18.7 Å². The molecule has 0 bridgehead atoms. The molecule has 1 N–H and O–H groups in total. The standard InChI is InChI=1S/C25H25F2N3O4/c1-5-25(26,27)15(2)34-22-13-17(31-3)12-19-23(22)24(29-14-28-19)30-18-11-16(8-9-21(18)32-4)20-7-6-10-33-20/h6-15H,5H2,1-4H3,(H,28,29,30). The van der Waals surface area contributed by atoms with E-state index in [9.17, 15) is 8.78 Å². The molecule has 0 fully saturated rings. The van der Waals surface area contributed by atoms with Gasteiger partial charge in [0.1, 0.15) is 35.2 Å². The molecule has 178 valence electrons. The fourth-order valence-corrected chi connectivity index (χ4v) is 3.53. The number of anilines is 2. The van der Waals surface area contributed by atoms with Crippen molar-refractivity contribution >= 4 is 22.4 Å². The van der Waals surface area contributed by atoms with E-state index in [1.54, 1.807) is 37.6 Å². The average molecular weight is 469 g/mol. The van der Waals surface area contributed by atoms with E-state index in [0.717, 1.165) is 5.56 Å². The van der Waals surface area contributed by atoms with Gasteiger partial charge in [-0.1, -0.05) is 6.92 Å². The van der Waals surface area contributed by atoms with Crippen LogP contribution in [0.15, 0.2) is 59.5 Å². The van der Waals surface area contributed by atoms with E-state index < -0.39 is 12.0 Å². The Balaban J connectivity index is 1.82. The summed E-state index contributed by atoms with van der Waals surface area (Å²) >= 11 is 0. The molecule has 0 saturated heterocycles. The van der Waals surface area contributed by atoms with Crippen LogP contribution in [0.25, 0.3) is 22.2 Å². The van der Waals surface area contributed by atoms with E-state index in [1.807, 2.05) is 18.2 Å². The summed E-state index contributed by atoms with van der Waals surface area (Å²) in [6, 6.07) is 12.4. The van der Waals surface area contributed by atoms with Gasteiger partial charge in [-0.15, -0.1) is 0 Å². The molecule has 2 heterocycles. The Morgan fingerprint density at radius 2 is 1.88 bits per heavy atom. The maximum Gasteiger partial charge on any atom is 0.283 e. The van der Waals surface area contributed by atoms with Crippen molar-refractivity contribution in [2.45, 2.75) is 32.3 Å². The Bertz CT molecular complexity index is 1280. The van der Waals surface area contributed by atoms with Crippen LogP contribution < -0.4 is 19.5 Å². The number of rotatable bonds is 9. The van der Waals surface area contributed by atoms with Crippen LogP contribution in [0.2, 0.25) is 0 Å². The molecule has 0 spiro atoms. The molecule has 0 amide bonds. The van der Waals surface area contributed by atoms with Gasteiger partial charge in [-0.3, -0.25) is 0 Å². The molecular formula is C25H25F2N3O4. The van der Waals surface area contributed by atoms with Crippen molar-refractivity contribution in [2.75, 3.05) is 19.5 Å². The van der Waals surface area contributed by atoms with Gasteiger partial charge in [-0.2, -0.15) is 0 Å². The second-order valence-electron chi connectivity index (χ2n) is 7.63. The minimum Gasteiger partial charge on any atom is -0.497 e. The number of methoxy groups -OCH3 is 2. The highest BCUT2D eigenvalue weighted by Crippen LogP contribution is 2.39. The minimum absolute atomic E-state index is 0.180. The molecule has 4 rings (SSSR count). The molecule has 0 saturated carbocycles. The zero-order valence-electron chi connectivity index (χ0n) is 19.3. The van der Waals surface area contributed by atoms with Crippen molar-refractivity contribution in [3.05, 3.63) is 55.1 Å². The van der Waals surface area contributed by atoms with Gasteiger partial charge in [0.2, 0.25) is 0 Å². The predicted molar refractivity (Wildman–Crippen MR) is 125 cm³/mol. The number of hydrogen-bond donors (Lipinski definition) is 1. The summed E-state index contributed by atoms with van der Waals surface area (Å²) in [5.74, 6) is -0.800. The zero-order chi connectivity index (χ0) is 24.3. The minimum atomic E-state index is -3.01. The molecule has 9 heteroatoms. The van der Waals surface area contributed by atoms with Crippen LogP contribution in [0.5, 0.6) is 17.2 Å². The number of hydrogen-bond acceptors (Lipinski definition) is 7. The number of alkyl halides is 2. The van der Waals surface area contributed by atoms with Crippen LogP contribution in [-0.4, -0.2) is 36.2 Å². The smallest absolute Gasteiger partial charge is 0.283 e. The molecular weight excluding hydrogens is 444 g/mol. The average Bonchev–Trinajstić information content (AvgIpc) is 3.39. The van der Waals surface area contributed by atoms with Crippen LogP contribution >= 0.6 is 0 Å². The second-order valence-corrected chi connectivity index (χ2v) is 7.63. The Hall–Kier alpha value is -3.88. The molecule has 2 aromatic heterocycles. The van der Waals surface area contributed by atoms with E-state index in [-0.39, 0.29) is 12.2 Å². The summed E-state index contributed by atoms with van der Waals surface area (Å²) in [6.45, 7) is 2.75. The number of fused-ring (bicyclic) bond motifs is 1. The summed E-state index contributed by atoms with van der Waals surface area (Å²) in [6.07, 6.45) is 1.24. The molecule has 0 aliphatic heterocycles. The van der Waals surface area contributed by atoms with E-state index in [0.29, 0.717) is 39.7 Å². The van der Waals surface area contributed by atoms with Crippen LogP contribution in [0.4, 0.5) is 20.3 Å². The van der Waals surface area contributed by atoms with Gasteiger partial charge in [-0.05, 0) is 37.3 Å². The molecule has 7 nitrogen and oxygen atoms in total. The van der Waals surface area contributed by atoms with Crippen LogP contribution in [0.1, 0.15) is 20.3 Å². The number of furan rings is 1. The van der Waals surface area contributed by atoms with E-state index in [2.05, 4.69) is 15.3 Å². The zero-order valence-corrected chi connectivity index (χ0v) is 19.3. The highest BCUT2D eigenvalue weighted by atomic mass is 19.3. The maximum absolute atomic E-state index is 14.3. The van der Waals surface area contributed by atoms with E-state index in [1.165, 1.54) is 27.3 Å². The largest absolute Gasteiger partial charge is 0.497 e.